The standard InChI is InChI=1S/C23H19NO3/c1-15-21(22(25)27-23(15)12-13-23)17-7-10-19(11-8-17)26-14-18-9-6-16-4-2-3-5-20(16)24-18/h2-11H,12-14H2,1H3. The lowest BCUT2D eigenvalue weighted by atomic mass is 9.99. The van der Waals surface area contributed by atoms with Crippen LogP contribution in [0.5, 0.6) is 5.75 Å². The highest BCUT2D eigenvalue weighted by atomic mass is 16.6. The fourth-order valence-corrected chi connectivity index (χ4v) is 3.67. The van der Waals surface area contributed by atoms with Crippen LogP contribution in [-0.4, -0.2) is 16.6 Å². The molecule has 2 heterocycles. The summed E-state index contributed by atoms with van der Waals surface area (Å²) >= 11 is 0. The molecule has 0 amide bonds. The molecule has 1 aromatic heterocycles. The molecule has 4 nitrogen and oxygen atoms in total. The van der Waals surface area contributed by atoms with E-state index in [0.717, 1.165) is 46.3 Å². The molecule has 5 rings (SSSR count). The average molecular weight is 357 g/mol. The third kappa shape index (κ3) is 2.78. The zero-order valence-corrected chi connectivity index (χ0v) is 15.1. The third-order valence-electron chi connectivity index (χ3n) is 5.44. The van der Waals surface area contributed by atoms with Crippen LogP contribution in [0.2, 0.25) is 0 Å². The first-order chi connectivity index (χ1) is 13.1. The second-order valence-electron chi connectivity index (χ2n) is 7.19. The molecule has 0 atom stereocenters. The summed E-state index contributed by atoms with van der Waals surface area (Å²) in [6.07, 6.45) is 1.88. The topological polar surface area (TPSA) is 48.4 Å². The van der Waals surface area contributed by atoms with E-state index in [-0.39, 0.29) is 11.6 Å². The van der Waals surface area contributed by atoms with Crippen LogP contribution in [0.25, 0.3) is 16.5 Å². The van der Waals surface area contributed by atoms with Crippen LogP contribution in [-0.2, 0) is 16.1 Å². The Kier molecular flexibility index (Phi) is 3.54. The third-order valence-corrected chi connectivity index (χ3v) is 5.44. The molecule has 0 saturated heterocycles. The van der Waals surface area contributed by atoms with Gasteiger partial charge in [0.15, 0.2) is 0 Å². The average Bonchev–Trinajstić information content (AvgIpc) is 3.43. The molecule has 2 aliphatic rings. The van der Waals surface area contributed by atoms with E-state index in [1.807, 2.05) is 61.5 Å². The van der Waals surface area contributed by atoms with E-state index in [0.29, 0.717) is 12.2 Å². The normalized spacial score (nSPS) is 17.4. The lowest BCUT2D eigenvalue weighted by Gasteiger charge is -2.08. The van der Waals surface area contributed by atoms with Crippen molar-refractivity contribution in [2.45, 2.75) is 32.0 Å². The number of ether oxygens (including phenoxy) is 2. The Hall–Kier alpha value is -3.14. The van der Waals surface area contributed by atoms with Crippen molar-refractivity contribution in [1.29, 1.82) is 0 Å². The fourth-order valence-electron chi connectivity index (χ4n) is 3.67. The summed E-state index contributed by atoms with van der Waals surface area (Å²) in [4.78, 5) is 16.8. The summed E-state index contributed by atoms with van der Waals surface area (Å²) in [6, 6.07) is 19.7. The minimum absolute atomic E-state index is 0.209. The monoisotopic (exact) mass is 357 g/mol. The highest BCUT2D eigenvalue weighted by molar-refractivity contribution is 6.20. The summed E-state index contributed by atoms with van der Waals surface area (Å²) in [5.74, 6) is 0.540. The van der Waals surface area contributed by atoms with E-state index >= 15 is 0 Å². The van der Waals surface area contributed by atoms with Gasteiger partial charge in [0.2, 0.25) is 0 Å². The molecule has 0 N–H and O–H groups in total. The zero-order chi connectivity index (χ0) is 18.4. The van der Waals surface area contributed by atoms with Crippen molar-refractivity contribution < 1.29 is 14.3 Å². The number of rotatable bonds is 4. The molecule has 0 radical (unpaired) electrons. The molecule has 1 aliphatic heterocycles. The maximum Gasteiger partial charge on any atom is 0.339 e. The Bertz CT molecular complexity index is 1080. The number of hydrogen-bond acceptors (Lipinski definition) is 4. The van der Waals surface area contributed by atoms with Gasteiger partial charge in [-0.2, -0.15) is 0 Å². The molecule has 1 aliphatic carbocycles. The molecule has 4 heteroatoms. The van der Waals surface area contributed by atoms with Crippen molar-refractivity contribution in [3.63, 3.8) is 0 Å². The Labute approximate surface area is 157 Å². The Morgan fingerprint density at radius 1 is 1.04 bits per heavy atom. The van der Waals surface area contributed by atoms with E-state index < -0.39 is 0 Å². The molecular weight excluding hydrogens is 338 g/mol. The zero-order valence-electron chi connectivity index (χ0n) is 15.1. The lowest BCUT2D eigenvalue weighted by molar-refractivity contribution is -0.139. The van der Waals surface area contributed by atoms with E-state index in [2.05, 4.69) is 11.1 Å². The maximum absolute atomic E-state index is 12.2. The number of carbonyl (C=O) groups excluding carboxylic acids is 1. The van der Waals surface area contributed by atoms with Gasteiger partial charge in [0.05, 0.1) is 16.8 Å². The first-order valence-corrected chi connectivity index (χ1v) is 9.17. The van der Waals surface area contributed by atoms with Crippen LogP contribution in [0.1, 0.15) is 31.0 Å². The smallest absolute Gasteiger partial charge is 0.339 e. The summed E-state index contributed by atoms with van der Waals surface area (Å²) in [6.45, 7) is 2.40. The largest absolute Gasteiger partial charge is 0.487 e. The van der Waals surface area contributed by atoms with Gasteiger partial charge >= 0.3 is 5.97 Å². The van der Waals surface area contributed by atoms with Gasteiger partial charge in [0, 0.05) is 5.39 Å². The highest BCUT2D eigenvalue weighted by Crippen LogP contribution is 2.53. The second-order valence-corrected chi connectivity index (χ2v) is 7.19. The lowest BCUT2D eigenvalue weighted by Crippen LogP contribution is -2.10. The minimum Gasteiger partial charge on any atom is -0.487 e. The highest BCUT2D eigenvalue weighted by Gasteiger charge is 2.54. The summed E-state index contributed by atoms with van der Waals surface area (Å²) < 4.78 is 11.4. The number of pyridine rings is 1. The van der Waals surface area contributed by atoms with Gasteiger partial charge in [-0.25, -0.2) is 9.78 Å². The summed E-state index contributed by atoms with van der Waals surface area (Å²) in [5.41, 5.74) is 4.19. The van der Waals surface area contributed by atoms with Crippen molar-refractivity contribution in [2.75, 3.05) is 0 Å². The van der Waals surface area contributed by atoms with Crippen LogP contribution in [0.4, 0.5) is 0 Å². The van der Waals surface area contributed by atoms with Crippen molar-refractivity contribution >= 4 is 22.4 Å². The number of nitrogens with zero attached hydrogens (tertiary/aromatic N) is 1. The fraction of sp³-hybridized carbons (Fsp3) is 0.217. The summed E-state index contributed by atoms with van der Waals surface area (Å²) in [5, 5.41) is 1.12. The first-order valence-electron chi connectivity index (χ1n) is 9.17. The van der Waals surface area contributed by atoms with Crippen LogP contribution in [0.15, 0.2) is 66.2 Å². The van der Waals surface area contributed by atoms with Crippen LogP contribution < -0.4 is 4.74 Å². The van der Waals surface area contributed by atoms with E-state index in [1.165, 1.54) is 0 Å². The molecule has 0 bridgehead atoms. The maximum atomic E-state index is 12.2. The SMILES string of the molecule is CC1=C(c2ccc(OCc3ccc4ccccc4n3)cc2)C(=O)OC12CC2. The number of fused-ring (bicyclic) bond motifs is 1. The number of carbonyl (C=O) groups is 1. The van der Waals surface area contributed by atoms with Crippen LogP contribution >= 0.6 is 0 Å². The quantitative estimate of drug-likeness (QED) is 0.636. The Morgan fingerprint density at radius 3 is 2.56 bits per heavy atom. The predicted molar refractivity (Wildman–Crippen MR) is 103 cm³/mol. The van der Waals surface area contributed by atoms with Crippen LogP contribution in [0.3, 0.4) is 0 Å². The van der Waals surface area contributed by atoms with E-state index in [4.69, 9.17) is 9.47 Å². The molecule has 2 aromatic carbocycles. The van der Waals surface area contributed by atoms with Crippen molar-refractivity contribution in [1.82, 2.24) is 4.98 Å². The van der Waals surface area contributed by atoms with Gasteiger partial charge < -0.3 is 9.47 Å². The van der Waals surface area contributed by atoms with Gasteiger partial charge in [-0.15, -0.1) is 0 Å². The van der Waals surface area contributed by atoms with Gasteiger partial charge in [0.1, 0.15) is 18.0 Å². The van der Waals surface area contributed by atoms with Gasteiger partial charge in [-0.1, -0.05) is 36.4 Å². The molecule has 3 aromatic rings. The number of benzene rings is 2. The molecule has 134 valence electrons. The van der Waals surface area contributed by atoms with Gasteiger partial charge in [-0.05, 0) is 55.2 Å². The summed E-state index contributed by atoms with van der Waals surface area (Å²) in [7, 11) is 0. The van der Waals surface area contributed by atoms with Crippen molar-refractivity contribution in [3.05, 3.63) is 77.5 Å². The van der Waals surface area contributed by atoms with Gasteiger partial charge in [0.25, 0.3) is 0 Å². The van der Waals surface area contributed by atoms with Crippen molar-refractivity contribution in [2.24, 2.45) is 0 Å². The first kappa shape index (κ1) is 16.1. The molecule has 27 heavy (non-hydrogen) atoms. The number of esters is 1. The Balaban J connectivity index is 1.32. The molecule has 1 spiro atoms. The molecule has 1 fully saturated rings. The van der Waals surface area contributed by atoms with E-state index in [9.17, 15) is 4.79 Å². The Morgan fingerprint density at radius 2 is 1.81 bits per heavy atom. The minimum atomic E-state index is -0.302. The predicted octanol–water partition coefficient (Wildman–Crippen LogP) is 4.68. The number of hydrogen-bond donors (Lipinski definition) is 0. The van der Waals surface area contributed by atoms with E-state index in [1.54, 1.807) is 0 Å². The molecule has 0 unspecified atom stereocenters. The van der Waals surface area contributed by atoms with Crippen LogP contribution in [0, 0.1) is 0 Å². The molecule has 1 saturated carbocycles. The second kappa shape index (κ2) is 5.95. The number of aromatic nitrogens is 1. The van der Waals surface area contributed by atoms with Crippen molar-refractivity contribution in [3.8, 4) is 5.75 Å². The molecular formula is C23H19NO3. The van der Waals surface area contributed by atoms with Gasteiger partial charge in [-0.3, -0.25) is 0 Å². The number of para-hydroxylation sites is 1.